The number of pyridine rings is 1. The van der Waals surface area contributed by atoms with Gasteiger partial charge in [0.2, 0.25) is 0 Å². The van der Waals surface area contributed by atoms with Crippen molar-refractivity contribution in [2.45, 2.75) is 6.42 Å². The molecule has 0 unspecified atom stereocenters. The van der Waals surface area contributed by atoms with Gasteiger partial charge < -0.3 is 5.32 Å². The Kier molecular flexibility index (Phi) is 4.30. The molecular formula is C17H14ClN3O. The van der Waals surface area contributed by atoms with Gasteiger partial charge in [-0.1, -0.05) is 41.9 Å². The van der Waals surface area contributed by atoms with Gasteiger partial charge in [0.1, 0.15) is 10.8 Å². The Morgan fingerprint density at radius 1 is 1.09 bits per heavy atom. The first kappa shape index (κ1) is 14.5. The number of nitrogens with one attached hydrogen (secondary N) is 1. The van der Waals surface area contributed by atoms with Crippen molar-refractivity contribution in [3.05, 3.63) is 70.2 Å². The third kappa shape index (κ3) is 3.23. The minimum atomic E-state index is 0.448. The van der Waals surface area contributed by atoms with E-state index in [9.17, 15) is 4.91 Å². The number of nitrogens with zero attached hydrogens (tertiary/aromatic N) is 2. The second-order valence-electron chi connectivity index (χ2n) is 4.94. The Morgan fingerprint density at radius 2 is 1.86 bits per heavy atom. The first-order valence-electron chi connectivity index (χ1n) is 6.98. The minimum Gasteiger partial charge on any atom is -0.384 e. The summed E-state index contributed by atoms with van der Waals surface area (Å²) in [5.41, 5.74) is 3.44. The minimum absolute atomic E-state index is 0.448. The van der Waals surface area contributed by atoms with Crippen LogP contribution in [-0.4, -0.2) is 11.5 Å². The van der Waals surface area contributed by atoms with E-state index in [4.69, 9.17) is 11.6 Å². The van der Waals surface area contributed by atoms with E-state index in [1.807, 2.05) is 42.5 Å². The summed E-state index contributed by atoms with van der Waals surface area (Å²) in [6.45, 7) is 0.762. The van der Waals surface area contributed by atoms with Crippen LogP contribution >= 0.6 is 11.6 Å². The molecule has 1 heterocycles. The molecule has 4 nitrogen and oxygen atoms in total. The molecule has 0 spiro atoms. The van der Waals surface area contributed by atoms with E-state index in [2.05, 4.69) is 15.5 Å². The molecule has 0 saturated carbocycles. The van der Waals surface area contributed by atoms with Gasteiger partial charge in [0.25, 0.3) is 0 Å². The lowest BCUT2D eigenvalue weighted by Gasteiger charge is -2.10. The lowest BCUT2D eigenvalue weighted by atomic mass is 10.1. The number of rotatable bonds is 5. The maximum Gasteiger partial charge on any atom is 0.131 e. The highest BCUT2D eigenvalue weighted by Gasteiger charge is 2.04. The zero-order valence-electron chi connectivity index (χ0n) is 11.8. The highest BCUT2D eigenvalue weighted by Crippen LogP contribution is 2.25. The van der Waals surface area contributed by atoms with E-state index in [1.54, 1.807) is 12.1 Å². The van der Waals surface area contributed by atoms with Gasteiger partial charge in [-0.15, -0.1) is 4.91 Å². The zero-order valence-corrected chi connectivity index (χ0v) is 12.5. The van der Waals surface area contributed by atoms with Crippen LogP contribution in [0.1, 0.15) is 5.56 Å². The maximum atomic E-state index is 10.4. The van der Waals surface area contributed by atoms with Gasteiger partial charge >= 0.3 is 0 Å². The van der Waals surface area contributed by atoms with Crippen LogP contribution in [0, 0.1) is 4.91 Å². The van der Waals surface area contributed by atoms with Crippen LogP contribution in [0.2, 0.25) is 5.15 Å². The molecule has 0 atom stereocenters. The van der Waals surface area contributed by atoms with Crippen LogP contribution in [0.15, 0.2) is 59.8 Å². The third-order valence-electron chi connectivity index (χ3n) is 3.46. The number of anilines is 1. The van der Waals surface area contributed by atoms with Crippen molar-refractivity contribution in [2.75, 3.05) is 11.9 Å². The lowest BCUT2D eigenvalue weighted by molar-refractivity contribution is 1.02. The normalized spacial score (nSPS) is 10.6. The van der Waals surface area contributed by atoms with Gasteiger partial charge in [0.05, 0.1) is 5.52 Å². The average Bonchev–Trinajstić information content (AvgIpc) is 2.55. The Morgan fingerprint density at radius 3 is 2.64 bits per heavy atom. The summed E-state index contributed by atoms with van der Waals surface area (Å²) in [4.78, 5) is 14.7. The Labute approximate surface area is 133 Å². The fourth-order valence-corrected chi connectivity index (χ4v) is 2.55. The van der Waals surface area contributed by atoms with E-state index in [1.165, 1.54) is 0 Å². The molecule has 1 N–H and O–H groups in total. The molecule has 0 fully saturated rings. The highest BCUT2D eigenvalue weighted by molar-refractivity contribution is 6.30. The summed E-state index contributed by atoms with van der Waals surface area (Å²) in [6.07, 6.45) is 0.841. The van der Waals surface area contributed by atoms with Crippen LogP contribution in [0.5, 0.6) is 0 Å². The SMILES string of the molecule is O=Nc1ccc(CCNc2cc(Cl)nc3ccccc23)cc1. The smallest absolute Gasteiger partial charge is 0.131 e. The average molecular weight is 312 g/mol. The topological polar surface area (TPSA) is 54.4 Å². The van der Waals surface area contributed by atoms with Gasteiger partial charge in [-0.3, -0.25) is 0 Å². The van der Waals surface area contributed by atoms with Crippen molar-refractivity contribution in [1.82, 2.24) is 4.98 Å². The number of fused-ring (bicyclic) bond motifs is 1. The number of hydrogen-bond donors (Lipinski definition) is 1. The van der Waals surface area contributed by atoms with E-state index in [0.717, 1.165) is 35.1 Å². The van der Waals surface area contributed by atoms with E-state index >= 15 is 0 Å². The second-order valence-corrected chi connectivity index (χ2v) is 5.33. The summed E-state index contributed by atoms with van der Waals surface area (Å²) < 4.78 is 0. The van der Waals surface area contributed by atoms with Gasteiger partial charge in [-0.05, 0) is 41.4 Å². The molecule has 1 aromatic heterocycles. The Bertz CT molecular complexity index is 803. The molecule has 110 valence electrons. The first-order chi connectivity index (χ1) is 10.8. The standard InChI is InChI=1S/C17H14ClN3O/c18-17-11-16(14-3-1-2-4-15(14)20-17)19-10-9-12-5-7-13(21-22)8-6-12/h1-8,11H,9-10H2,(H,19,20). The molecule has 3 rings (SSSR count). The predicted octanol–water partition coefficient (Wildman–Crippen LogP) is 4.94. The zero-order chi connectivity index (χ0) is 15.4. The van der Waals surface area contributed by atoms with Crippen LogP contribution in [0.25, 0.3) is 10.9 Å². The summed E-state index contributed by atoms with van der Waals surface area (Å²) in [5, 5.41) is 7.82. The molecule has 5 heteroatoms. The molecular weight excluding hydrogens is 298 g/mol. The molecule has 22 heavy (non-hydrogen) atoms. The van der Waals surface area contributed by atoms with Crippen molar-refractivity contribution in [3.63, 3.8) is 0 Å². The summed E-state index contributed by atoms with van der Waals surface area (Å²) >= 11 is 6.06. The van der Waals surface area contributed by atoms with Crippen molar-refractivity contribution >= 4 is 33.9 Å². The van der Waals surface area contributed by atoms with Gasteiger partial charge in [0.15, 0.2) is 0 Å². The van der Waals surface area contributed by atoms with E-state index < -0.39 is 0 Å². The first-order valence-corrected chi connectivity index (χ1v) is 7.35. The summed E-state index contributed by atoms with van der Waals surface area (Å²) in [7, 11) is 0. The van der Waals surface area contributed by atoms with Crippen molar-refractivity contribution in [2.24, 2.45) is 5.18 Å². The molecule has 0 aliphatic rings. The van der Waals surface area contributed by atoms with Crippen molar-refractivity contribution in [3.8, 4) is 0 Å². The molecule has 0 bridgehead atoms. The predicted molar refractivity (Wildman–Crippen MR) is 90.8 cm³/mol. The lowest BCUT2D eigenvalue weighted by Crippen LogP contribution is -2.05. The number of halogens is 1. The van der Waals surface area contributed by atoms with Gasteiger partial charge in [0, 0.05) is 17.6 Å². The number of para-hydroxylation sites is 1. The number of benzene rings is 2. The monoisotopic (exact) mass is 311 g/mol. The largest absolute Gasteiger partial charge is 0.384 e. The molecule has 0 radical (unpaired) electrons. The molecule has 0 saturated heterocycles. The quantitative estimate of drug-likeness (QED) is 0.536. The Balaban J connectivity index is 1.72. The van der Waals surface area contributed by atoms with Gasteiger partial charge in [-0.25, -0.2) is 4.98 Å². The molecule has 2 aromatic carbocycles. The second kappa shape index (κ2) is 6.54. The fourth-order valence-electron chi connectivity index (χ4n) is 2.35. The summed E-state index contributed by atoms with van der Waals surface area (Å²) in [5.74, 6) is 0. The highest BCUT2D eigenvalue weighted by atomic mass is 35.5. The van der Waals surface area contributed by atoms with Crippen LogP contribution in [0.4, 0.5) is 11.4 Å². The van der Waals surface area contributed by atoms with E-state index in [-0.39, 0.29) is 0 Å². The third-order valence-corrected chi connectivity index (χ3v) is 3.65. The molecule has 0 aliphatic heterocycles. The van der Waals surface area contributed by atoms with Gasteiger partial charge in [-0.2, -0.15) is 0 Å². The number of aromatic nitrogens is 1. The molecule has 0 amide bonds. The fraction of sp³-hybridized carbons (Fsp3) is 0.118. The van der Waals surface area contributed by atoms with Crippen LogP contribution in [-0.2, 0) is 6.42 Å². The molecule has 3 aromatic rings. The summed E-state index contributed by atoms with van der Waals surface area (Å²) in [6, 6.07) is 17.0. The number of hydrogen-bond acceptors (Lipinski definition) is 4. The maximum absolute atomic E-state index is 10.4. The Hall–Kier alpha value is -2.46. The van der Waals surface area contributed by atoms with Crippen LogP contribution in [0.3, 0.4) is 0 Å². The molecule has 0 aliphatic carbocycles. The van der Waals surface area contributed by atoms with Crippen molar-refractivity contribution in [1.29, 1.82) is 0 Å². The van der Waals surface area contributed by atoms with Crippen LogP contribution < -0.4 is 5.32 Å². The van der Waals surface area contributed by atoms with E-state index in [0.29, 0.717) is 10.8 Å². The number of nitroso groups, excluding NO2 is 1. The van der Waals surface area contributed by atoms with Crippen molar-refractivity contribution < 1.29 is 0 Å².